The number of benzene rings is 1. The highest BCUT2D eigenvalue weighted by atomic mass is 35.5. The van der Waals surface area contributed by atoms with E-state index >= 15 is 0 Å². The number of rotatable bonds is 3. The standard InChI is InChI=1S/C11H10Cl2N4/c12-7-4-8(13)6-9(5-7)15-10-2-1-3-11(16-10)17-14/h1-6H,14H2,(H2,15,16,17). The number of nitrogens with two attached hydrogens (primary N) is 1. The summed E-state index contributed by atoms with van der Waals surface area (Å²) in [4.78, 5) is 4.21. The van der Waals surface area contributed by atoms with Crippen molar-refractivity contribution in [2.24, 2.45) is 5.84 Å². The second kappa shape index (κ2) is 5.23. The van der Waals surface area contributed by atoms with Gasteiger partial charge in [-0.3, -0.25) is 0 Å². The Balaban J connectivity index is 2.24. The normalized spacial score (nSPS) is 10.1. The monoisotopic (exact) mass is 268 g/mol. The van der Waals surface area contributed by atoms with Crippen molar-refractivity contribution in [3.8, 4) is 0 Å². The SMILES string of the molecule is NNc1cccc(Nc2cc(Cl)cc(Cl)c2)n1. The van der Waals surface area contributed by atoms with Gasteiger partial charge in [0.05, 0.1) is 0 Å². The summed E-state index contributed by atoms with van der Waals surface area (Å²) < 4.78 is 0. The van der Waals surface area contributed by atoms with Gasteiger partial charge < -0.3 is 10.7 Å². The second-order valence-electron chi connectivity index (χ2n) is 3.34. The summed E-state index contributed by atoms with van der Waals surface area (Å²) >= 11 is 11.8. The van der Waals surface area contributed by atoms with Crippen LogP contribution >= 0.6 is 23.2 Å². The molecule has 1 aromatic carbocycles. The molecule has 0 amide bonds. The first-order valence-electron chi connectivity index (χ1n) is 4.84. The van der Waals surface area contributed by atoms with Crippen molar-refractivity contribution in [1.82, 2.24) is 4.98 Å². The third-order valence-corrected chi connectivity index (χ3v) is 2.47. The summed E-state index contributed by atoms with van der Waals surface area (Å²) in [6.07, 6.45) is 0. The molecule has 88 valence electrons. The number of hydrogen-bond donors (Lipinski definition) is 3. The average molecular weight is 269 g/mol. The first kappa shape index (κ1) is 12.0. The lowest BCUT2D eigenvalue weighted by atomic mass is 10.3. The van der Waals surface area contributed by atoms with E-state index in [4.69, 9.17) is 29.0 Å². The number of anilines is 3. The van der Waals surface area contributed by atoms with E-state index in [0.29, 0.717) is 21.7 Å². The van der Waals surface area contributed by atoms with Gasteiger partial charge in [-0.05, 0) is 30.3 Å². The number of nitrogens with zero attached hydrogens (tertiary/aromatic N) is 1. The molecule has 1 heterocycles. The Hall–Kier alpha value is -1.49. The predicted octanol–water partition coefficient (Wildman–Crippen LogP) is 3.42. The molecule has 2 rings (SSSR count). The van der Waals surface area contributed by atoms with E-state index in [1.54, 1.807) is 24.3 Å². The van der Waals surface area contributed by atoms with Crippen LogP contribution in [0.4, 0.5) is 17.3 Å². The van der Waals surface area contributed by atoms with Gasteiger partial charge in [0.1, 0.15) is 11.6 Å². The highest BCUT2D eigenvalue weighted by Gasteiger charge is 2.00. The topological polar surface area (TPSA) is 63.0 Å². The van der Waals surface area contributed by atoms with Crippen LogP contribution < -0.4 is 16.6 Å². The van der Waals surface area contributed by atoms with E-state index in [9.17, 15) is 0 Å². The molecule has 0 unspecified atom stereocenters. The summed E-state index contributed by atoms with van der Waals surface area (Å²) in [5.41, 5.74) is 3.24. The van der Waals surface area contributed by atoms with Crippen molar-refractivity contribution >= 4 is 40.5 Å². The van der Waals surface area contributed by atoms with Gasteiger partial charge in [0.25, 0.3) is 0 Å². The third kappa shape index (κ3) is 3.23. The maximum Gasteiger partial charge on any atom is 0.142 e. The Morgan fingerprint density at radius 3 is 2.29 bits per heavy atom. The van der Waals surface area contributed by atoms with Crippen molar-refractivity contribution in [1.29, 1.82) is 0 Å². The van der Waals surface area contributed by atoms with Crippen LogP contribution in [0, 0.1) is 0 Å². The van der Waals surface area contributed by atoms with Crippen LogP contribution in [-0.4, -0.2) is 4.98 Å². The molecule has 0 aliphatic carbocycles. The minimum atomic E-state index is 0.563. The highest BCUT2D eigenvalue weighted by molar-refractivity contribution is 6.35. The van der Waals surface area contributed by atoms with E-state index in [0.717, 1.165) is 5.69 Å². The van der Waals surface area contributed by atoms with Gasteiger partial charge in [0.15, 0.2) is 0 Å². The van der Waals surface area contributed by atoms with Gasteiger partial charge in [0, 0.05) is 15.7 Å². The second-order valence-corrected chi connectivity index (χ2v) is 4.21. The molecule has 0 saturated heterocycles. The fourth-order valence-corrected chi connectivity index (χ4v) is 1.88. The summed E-state index contributed by atoms with van der Waals surface area (Å²) in [7, 11) is 0. The number of aromatic nitrogens is 1. The first-order chi connectivity index (χ1) is 8.17. The van der Waals surface area contributed by atoms with Crippen molar-refractivity contribution in [2.45, 2.75) is 0 Å². The van der Waals surface area contributed by atoms with E-state index in [1.165, 1.54) is 0 Å². The van der Waals surface area contributed by atoms with Gasteiger partial charge in [-0.1, -0.05) is 29.3 Å². The Morgan fingerprint density at radius 1 is 1.00 bits per heavy atom. The molecule has 2 aromatic rings. The zero-order valence-electron chi connectivity index (χ0n) is 8.74. The summed E-state index contributed by atoms with van der Waals surface area (Å²) in [5, 5.41) is 4.21. The average Bonchev–Trinajstić information content (AvgIpc) is 2.28. The van der Waals surface area contributed by atoms with Gasteiger partial charge in [-0.2, -0.15) is 0 Å². The third-order valence-electron chi connectivity index (χ3n) is 2.03. The number of halogens is 2. The summed E-state index contributed by atoms with van der Waals surface area (Å²) in [6, 6.07) is 10.6. The van der Waals surface area contributed by atoms with Gasteiger partial charge >= 0.3 is 0 Å². The number of hydrazine groups is 1. The molecule has 4 nitrogen and oxygen atoms in total. The molecule has 1 aromatic heterocycles. The molecular weight excluding hydrogens is 259 g/mol. The molecule has 0 spiro atoms. The van der Waals surface area contributed by atoms with Crippen molar-refractivity contribution in [2.75, 3.05) is 10.7 Å². The molecule has 0 atom stereocenters. The number of pyridine rings is 1. The first-order valence-corrected chi connectivity index (χ1v) is 5.60. The maximum atomic E-state index is 5.90. The number of nitrogen functional groups attached to an aromatic ring is 1. The summed E-state index contributed by atoms with van der Waals surface area (Å²) in [6.45, 7) is 0. The Bertz CT molecular complexity index is 510. The molecule has 0 aliphatic rings. The molecule has 4 N–H and O–H groups in total. The van der Waals surface area contributed by atoms with Crippen LogP contribution in [0.1, 0.15) is 0 Å². The molecule has 0 aliphatic heterocycles. The molecule has 0 radical (unpaired) electrons. The van der Waals surface area contributed by atoms with Gasteiger partial charge in [-0.15, -0.1) is 0 Å². The highest BCUT2D eigenvalue weighted by Crippen LogP contribution is 2.24. The van der Waals surface area contributed by atoms with Crippen molar-refractivity contribution in [3.63, 3.8) is 0 Å². The minimum absolute atomic E-state index is 0.563. The zero-order valence-corrected chi connectivity index (χ0v) is 10.3. The molecule has 0 fully saturated rings. The lowest BCUT2D eigenvalue weighted by molar-refractivity contribution is 1.22. The number of nitrogens with one attached hydrogen (secondary N) is 2. The molecule has 0 bridgehead atoms. The molecule has 0 saturated carbocycles. The van der Waals surface area contributed by atoms with E-state index in [1.807, 2.05) is 12.1 Å². The van der Waals surface area contributed by atoms with E-state index in [2.05, 4.69) is 15.7 Å². The van der Waals surface area contributed by atoms with Crippen LogP contribution in [0.5, 0.6) is 0 Å². The molecule has 17 heavy (non-hydrogen) atoms. The maximum absolute atomic E-state index is 5.90. The molecule has 6 heteroatoms. The van der Waals surface area contributed by atoms with Crippen LogP contribution in [0.15, 0.2) is 36.4 Å². The van der Waals surface area contributed by atoms with Gasteiger partial charge in [0.2, 0.25) is 0 Å². The van der Waals surface area contributed by atoms with E-state index < -0.39 is 0 Å². The van der Waals surface area contributed by atoms with E-state index in [-0.39, 0.29) is 0 Å². The Kier molecular flexibility index (Phi) is 3.68. The minimum Gasteiger partial charge on any atom is -0.340 e. The van der Waals surface area contributed by atoms with Crippen molar-refractivity contribution < 1.29 is 0 Å². The van der Waals surface area contributed by atoms with Crippen LogP contribution in [0.25, 0.3) is 0 Å². The Labute approximate surface area is 109 Å². The largest absolute Gasteiger partial charge is 0.340 e. The predicted molar refractivity (Wildman–Crippen MR) is 71.8 cm³/mol. The lowest BCUT2D eigenvalue weighted by Crippen LogP contribution is -2.08. The summed E-state index contributed by atoms with van der Waals surface area (Å²) in [5.74, 6) is 6.50. The van der Waals surface area contributed by atoms with Gasteiger partial charge in [-0.25, -0.2) is 10.8 Å². The van der Waals surface area contributed by atoms with Crippen LogP contribution in [0.2, 0.25) is 10.0 Å². The zero-order chi connectivity index (χ0) is 12.3. The fourth-order valence-electron chi connectivity index (χ4n) is 1.36. The van der Waals surface area contributed by atoms with Crippen LogP contribution in [-0.2, 0) is 0 Å². The van der Waals surface area contributed by atoms with Crippen molar-refractivity contribution in [3.05, 3.63) is 46.4 Å². The smallest absolute Gasteiger partial charge is 0.142 e. The Morgan fingerprint density at radius 2 is 1.65 bits per heavy atom. The fraction of sp³-hybridized carbons (Fsp3) is 0. The number of hydrogen-bond acceptors (Lipinski definition) is 4. The van der Waals surface area contributed by atoms with Crippen LogP contribution in [0.3, 0.4) is 0 Å². The quantitative estimate of drug-likeness (QED) is 0.590. The lowest BCUT2D eigenvalue weighted by Gasteiger charge is -2.08. The molecular formula is C11H10Cl2N4.